The highest BCUT2D eigenvalue weighted by Gasteiger charge is 2.85. The van der Waals surface area contributed by atoms with Crippen LogP contribution in [0.1, 0.15) is 165 Å². The Hall–Kier alpha value is -2.42. The van der Waals surface area contributed by atoms with E-state index in [1.807, 2.05) is 32.6 Å². The summed E-state index contributed by atoms with van der Waals surface area (Å²) in [7, 11) is 0. The molecule has 4 saturated carbocycles. The van der Waals surface area contributed by atoms with E-state index in [-0.39, 0.29) is 82.7 Å². The van der Waals surface area contributed by atoms with Gasteiger partial charge in [0.1, 0.15) is 0 Å². The molecule has 6 aliphatic rings. The van der Waals surface area contributed by atoms with Crippen LogP contribution in [0.5, 0.6) is 0 Å². The second kappa shape index (κ2) is 15.5. The highest BCUT2D eigenvalue weighted by atomic mass is 16.2. The fourth-order valence-electron chi connectivity index (χ4n) is 11.9. The van der Waals surface area contributed by atoms with Gasteiger partial charge in [0.2, 0.25) is 17.6 Å². The van der Waals surface area contributed by atoms with E-state index in [1.54, 1.807) is 0 Å². The summed E-state index contributed by atoms with van der Waals surface area (Å²) in [4.78, 5) is 88.5. The Morgan fingerprint density at radius 2 is 1.50 bits per heavy atom. The van der Waals surface area contributed by atoms with Gasteiger partial charge in [-0.25, -0.2) is 0 Å². The molecular formula is C45H71N3O6. The van der Waals surface area contributed by atoms with Crippen molar-refractivity contribution >= 4 is 34.9 Å². The third-order valence-electron chi connectivity index (χ3n) is 15.9. The average molecular weight is 750 g/mol. The van der Waals surface area contributed by atoms with Gasteiger partial charge in [0.15, 0.2) is 17.3 Å². The number of nitrogens with one attached hydrogen (secondary N) is 1. The molecule has 6 rings (SSSR count). The van der Waals surface area contributed by atoms with Crippen LogP contribution < -0.4 is 5.32 Å². The van der Waals surface area contributed by atoms with Gasteiger partial charge in [-0.05, 0) is 99.7 Å². The molecule has 0 aromatic rings. The van der Waals surface area contributed by atoms with Gasteiger partial charge < -0.3 is 10.2 Å². The van der Waals surface area contributed by atoms with Gasteiger partial charge in [-0.3, -0.25) is 33.7 Å². The minimum Gasteiger partial charge on any atom is -0.345 e. The van der Waals surface area contributed by atoms with Crippen molar-refractivity contribution in [2.45, 2.75) is 189 Å². The lowest BCUT2D eigenvalue weighted by Gasteiger charge is -2.43. The lowest BCUT2D eigenvalue weighted by atomic mass is 9.73. The first-order valence-corrected chi connectivity index (χ1v) is 21.9. The molecule has 302 valence electrons. The molecule has 6 atom stereocenters. The van der Waals surface area contributed by atoms with Crippen LogP contribution in [0, 0.1) is 45.3 Å². The summed E-state index contributed by atoms with van der Waals surface area (Å²) in [6.07, 6.45) is 13.0. The zero-order chi connectivity index (χ0) is 39.4. The van der Waals surface area contributed by atoms with Crippen LogP contribution in [0.25, 0.3) is 0 Å². The van der Waals surface area contributed by atoms with Crippen molar-refractivity contribution < 1.29 is 28.8 Å². The molecule has 0 aromatic heterocycles. The van der Waals surface area contributed by atoms with Gasteiger partial charge in [0.05, 0.1) is 18.1 Å². The van der Waals surface area contributed by atoms with Gasteiger partial charge in [0, 0.05) is 55.6 Å². The maximum atomic E-state index is 15.2. The molecule has 4 aliphatic carbocycles. The molecule has 9 heteroatoms. The molecule has 0 unspecified atom stereocenters. The highest BCUT2D eigenvalue weighted by molar-refractivity contribution is 6.38. The van der Waals surface area contributed by atoms with Gasteiger partial charge in [-0.15, -0.1) is 0 Å². The number of carbonyl (C=O) groups is 6. The standard InChI is InChI=1S/C45H71N3O6/c1-9-14-31(39(52)37(51)23-29-17-18-29)24-35(49)34-26-45(43(7,8)44(45)20-13-21-44)27-48(34)41(54)32(42(4,5)6)25-36(50)38(30-15-11-10-12-16-30)46-40(53)33-19-22-47(33)28(2)3/h28-34,38H,9-27H2,1-8H3,(H,46,53)/t31-,32-,33+,34+,38+,45-/m1/s1. The van der Waals surface area contributed by atoms with Crippen LogP contribution in [0.4, 0.5) is 0 Å². The maximum absolute atomic E-state index is 15.2. The Labute approximate surface area is 325 Å². The second-order valence-corrected chi connectivity index (χ2v) is 20.5. The number of amides is 2. The molecule has 2 amide bonds. The van der Waals surface area contributed by atoms with E-state index < -0.39 is 35.1 Å². The quantitative estimate of drug-likeness (QED) is 0.155. The van der Waals surface area contributed by atoms with Crippen LogP contribution in [0.2, 0.25) is 0 Å². The van der Waals surface area contributed by atoms with Crippen LogP contribution >= 0.6 is 0 Å². The number of nitrogens with zero attached hydrogens (tertiary/aromatic N) is 2. The Morgan fingerprint density at radius 1 is 0.833 bits per heavy atom. The van der Waals surface area contributed by atoms with Crippen LogP contribution in [-0.4, -0.2) is 82.0 Å². The lowest BCUT2D eigenvalue weighted by molar-refractivity contribution is -0.147. The van der Waals surface area contributed by atoms with Crippen molar-refractivity contribution in [3.8, 4) is 0 Å². The molecule has 0 aromatic carbocycles. The summed E-state index contributed by atoms with van der Waals surface area (Å²) in [5.41, 5.74) is -0.695. The fraction of sp³-hybridized carbons (Fsp3) is 0.867. The van der Waals surface area contributed by atoms with E-state index in [1.165, 1.54) is 0 Å². The molecule has 6 fully saturated rings. The highest BCUT2D eigenvalue weighted by Crippen LogP contribution is 2.88. The van der Waals surface area contributed by atoms with E-state index in [0.29, 0.717) is 31.7 Å². The van der Waals surface area contributed by atoms with E-state index >= 15 is 4.79 Å². The van der Waals surface area contributed by atoms with Gasteiger partial charge in [-0.2, -0.15) is 0 Å². The van der Waals surface area contributed by atoms with E-state index in [4.69, 9.17) is 0 Å². The van der Waals surface area contributed by atoms with E-state index in [9.17, 15) is 24.0 Å². The topological polar surface area (TPSA) is 121 Å². The number of rotatable bonds is 17. The molecule has 0 radical (unpaired) electrons. The zero-order valence-corrected chi connectivity index (χ0v) is 34.9. The number of likely N-dealkylation sites (tertiary alicyclic amines) is 2. The van der Waals surface area contributed by atoms with Crippen LogP contribution in [0.15, 0.2) is 0 Å². The van der Waals surface area contributed by atoms with Crippen LogP contribution in [0.3, 0.4) is 0 Å². The monoisotopic (exact) mass is 750 g/mol. The minimum atomic E-state index is -0.683. The molecule has 9 nitrogen and oxygen atoms in total. The van der Waals surface area contributed by atoms with Crippen molar-refractivity contribution in [1.82, 2.24) is 15.1 Å². The first-order chi connectivity index (χ1) is 25.4. The number of hydrogen-bond donors (Lipinski definition) is 1. The molecule has 54 heavy (non-hydrogen) atoms. The zero-order valence-electron chi connectivity index (χ0n) is 34.9. The molecule has 2 saturated heterocycles. The van der Waals surface area contributed by atoms with Crippen molar-refractivity contribution in [2.24, 2.45) is 45.3 Å². The van der Waals surface area contributed by atoms with Crippen molar-refractivity contribution in [3.63, 3.8) is 0 Å². The number of fused-ring (bicyclic) bond motifs is 1. The number of Topliss-reactive ketones (excluding diaryl/α,β-unsaturated/α-hetero) is 4. The number of carbonyl (C=O) groups excluding carboxylic acids is 6. The molecule has 2 aliphatic heterocycles. The van der Waals surface area contributed by atoms with Crippen molar-refractivity contribution in [2.75, 3.05) is 13.1 Å². The smallest absolute Gasteiger partial charge is 0.238 e. The Bertz CT molecular complexity index is 1480. The second-order valence-electron chi connectivity index (χ2n) is 20.5. The summed E-state index contributed by atoms with van der Waals surface area (Å²) < 4.78 is 0. The summed E-state index contributed by atoms with van der Waals surface area (Å²) >= 11 is 0. The predicted molar refractivity (Wildman–Crippen MR) is 209 cm³/mol. The first-order valence-electron chi connectivity index (χ1n) is 21.9. The third kappa shape index (κ3) is 7.42. The maximum Gasteiger partial charge on any atom is 0.238 e. The summed E-state index contributed by atoms with van der Waals surface area (Å²) in [6, 6.07) is -1.31. The SMILES string of the molecule is CCC[C@H](CC(=O)[C@@H]1C[C@@]2(CN1C(=O)[C@@H](CC(=O)[C@@H](NC(=O)[C@@H]1CCN1C(C)C)C1CCCCC1)C(C)(C)C)C(C)(C)C21CCC1)C(=O)C(=O)CC1CC1. The first kappa shape index (κ1) is 41.2. The molecule has 2 spiro atoms. The number of hydrogen-bond acceptors (Lipinski definition) is 7. The summed E-state index contributed by atoms with van der Waals surface area (Å²) in [5.74, 6) is -2.21. The Kier molecular flexibility index (Phi) is 11.8. The normalized spacial score (nSPS) is 29.3. The van der Waals surface area contributed by atoms with E-state index in [2.05, 4.69) is 37.9 Å². The van der Waals surface area contributed by atoms with Crippen molar-refractivity contribution in [1.29, 1.82) is 0 Å². The predicted octanol–water partition coefficient (Wildman–Crippen LogP) is 7.27. The largest absolute Gasteiger partial charge is 0.345 e. The minimum absolute atomic E-state index is 0.00784. The van der Waals surface area contributed by atoms with Gasteiger partial charge in [0.25, 0.3) is 0 Å². The average Bonchev–Trinajstić information content (AvgIpc) is 3.89. The summed E-state index contributed by atoms with van der Waals surface area (Å²) in [5, 5.41) is 3.23. The molecular weight excluding hydrogens is 679 g/mol. The van der Waals surface area contributed by atoms with Gasteiger partial charge in [-0.1, -0.05) is 73.6 Å². The Balaban J connectivity index is 1.25. The van der Waals surface area contributed by atoms with Gasteiger partial charge >= 0.3 is 0 Å². The van der Waals surface area contributed by atoms with E-state index in [0.717, 1.165) is 77.2 Å². The molecule has 2 heterocycles. The third-order valence-corrected chi connectivity index (χ3v) is 15.9. The van der Waals surface area contributed by atoms with Crippen LogP contribution in [-0.2, 0) is 28.8 Å². The Morgan fingerprint density at radius 3 is 2.00 bits per heavy atom. The van der Waals surface area contributed by atoms with Crippen molar-refractivity contribution in [3.05, 3.63) is 0 Å². The summed E-state index contributed by atoms with van der Waals surface area (Å²) in [6.45, 7) is 18.1. The fourth-order valence-corrected chi connectivity index (χ4v) is 11.9. The lowest BCUT2D eigenvalue weighted by Crippen LogP contribution is -2.61. The number of ketones is 4. The molecule has 0 bridgehead atoms. The molecule has 1 N–H and O–H groups in total.